The fourth-order valence-corrected chi connectivity index (χ4v) is 0.667. The first kappa shape index (κ1) is 10.8. The molecule has 12 heavy (non-hydrogen) atoms. The fourth-order valence-electron chi connectivity index (χ4n) is 0.667. The van der Waals surface area contributed by atoms with Gasteiger partial charge in [-0.15, -0.1) is 0 Å². The van der Waals surface area contributed by atoms with Crippen LogP contribution in [0, 0.1) is 11.6 Å². The van der Waals surface area contributed by atoms with Gasteiger partial charge in [0.15, 0.2) is 0 Å². The van der Waals surface area contributed by atoms with Crippen LogP contribution >= 0.6 is 0 Å². The molecule has 0 aliphatic rings. The van der Waals surface area contributed by atoms with Crippen LogP contribution in [-0.4, -0.2) is 0 Å². The van der Waals surface area contributed by atoms with E-state index in [1.165, 1.54) is 18.2 Å². The highest BCUT2D eigenvalue weighted by atomic mass is 19.1. The molecule has 66 valence electrons. The normalized spacial score (nSPS) is 8.33. The summed E-state index contributed by atoms with van der Waals surface area (Å²) < 4.78 is 24.7. The molecule has 0 nitrogen and oxygen atoms in total. The van der Waals surface area contributed by atoms with Gasteiger partial charge in [0.25, 0.3) is 0 Å². The molecule has 0 radical (unpaired) electrons. The second-order valence-corrected chi connectivity index (χ2v) is 1.87. The minimum atomic E-state index is -0.574. The highest BCUT2D eigenvalue weighted by molar-refractivity contribution is 5.47. The largest absolute Gasteiger partial charge is 0.207 e. The number of hydrogen-bond donors (Lipinski definition) is 0. The van der Waals surface area contributed by atoms with Gasteiger partial charge >= 0.3 is 0 Å². The Morgan fingerprint density at radius 3 is 2.25 bits per heavy atom. The number of benzene rings is 1. The summed E-state index contributed by atoms with van der Waals surface area (Å²) in [4.78, 5) is 0. The van der Waals surface area contributed by atoms with E-state index in [1.807, 2.05) is 13.8 Å². The predicted molar refractivity (Wildman–Crippen MR) is 47.8 cm³/mol. The molecule has 1 rings (SSSR count). The van der Waals surface area contributed by atoms with Gasteiger partial charge in [0, 0.05) is 11.6 Å². The minimum Gasteiger partial charge on any atom is -0.207 e. The zero-order valence-electron chi connectivity index (χ0n) is 7.27. The smallest absolute Gasteiger partial charge is 0.133 e. The number of halogens is 2. The third kappa shape index (κ3) is 2.82. The van der Waals surface area contributed by atoms with Crippen LogP contribution in [-0.2, 0) is 0 Å². The SMILES string of the molecule is C=Cc1ccc(F)cc1F.CC. The summed E-state index contributed by atoms with van der Waals surface area (Å²) in [5, 5.41) is 0. The lowest BCUT2D eigenvalue weighted by Gasteiger charge is -1.93. The van der Waals surface area contributed by atoms with E-state index in [9.17, 15) is 8.78 Å². The molecule has 0 aromatic heterocycles. The van der Waals surface area contributed by atoms with Gasteiger partial charge in [-0.1, -0.05) is 26.5 Å². The van der Waals surface area contributed by atoms with Crippen LogP contribution in [0.4, 0.5) is 8.78 Å². The van der Waals surface area contributed by atoms with Crippen LogP contribution < -0.4 is 0 Å². The van der Waals surface area contributed by atoms with Crippen molar-refractivity contribution in [2.24, 2.45) is 0 Å². The van der Waals surface area contributed by atoms with Crippen LogP contribution in [0.25, 0.3) is 6.08 Å². The van der Waals surface area contributed by atoms with Crippen molar-refractivity contribution in [3.8, 4) is 0 Å². The molecule has 0 spiro atoms. The first-order valence-corrected chi connectivity index (χ1v) is 3.81. The zero-order valence-corrected chi connectivity index (χ0v) is 7.27. The van der Waals surface area contributed by atoms with Gasteiger partial charge in [0.1, 0.15) is 11.6 Å². The first-order chi connectivity index (χ1) is 5.74. The van der Waals surface area contributed by atoms with E-state index in [0.29, 0.717) is 5.56 Å². The molecule has 0 fully saturated rings. The Morgan fingerprint density at radius 2 is 1.83 bits per heavy atom. The van der Waals surface area contributed by atoms with Crippen LogP contribution in [0.5, 0.6) is 0 Å². The van der Waals surface area contributed by atoms with E-state index < -0.39 is 11.6 Å². The molecule has 0 saturated heterocycles. The minimum absolute atomic E-state index is 0.321. The Labute approximate surface area is 71.5 Å². The van der Waals surface area contributed by atoms with E-state index in [-0.39, 0.29) is 0 Å². The maximum Gasteiger partial charge on any atom is 0.133 e. The van der Waals surface area contributed by atoms with Gasteiger partial charge in [-0.3, -0.25) is 0 Å². The van der Waals surface area contributed by atoms with Gasteiger partial charge < -0.3 is 0 Å². The van der Waals surface area contributed by atoms with Crippen LogP contribution in [0.2, 0.25) is 0 Å². The lowest BCUT2D eigenvalue weighted by Crippen LogP contribution is -1.82. The van der Waals surface area contributed by atoms with Gasteiger partial charge in [-0.25, -0.2) is 8.78 Å². The third-order valence-electron chi connectivity index (χ3n) is 1.18. The fraction of sp³-hybridized carbons (Fsp3) is 0.200. The molecule has 0 bridgehead atoms. The van der Waals surface area contributed by atoms with Crippen molar-refractivity contribution in [1.29, 1.82) is 0 Å². The van der Waals surface area contributed by atoms with E-state index in [4.69, 9.17) is 0 Å². The Bertz CT molecular complexity index is 254. The first-order valence-electron chi connectivity index (χ1n) is 3.81. The highest BCUT2D eigenvalue weighted by Gasteiger charge is 1.97. The number of hydrogen-bond acceptors (Lipinski definition) is 0. The van der Waals surface area contributed by atoms with Gasteiger partial charge in [0.2, 0.25) is 0 Å². The molecule has 0 aliphatic heterocycles. The summed E-state index contributed by atoms with van der Waals surface area (Å²) in [7, 11) is 0. The standard InChI is InChI=1S/C8H6F2.C2H6/c1-2-6-3-4-7(9)5-8(6)10;1-2/h2-5H,1H2;1-2H3. The summed E-state index contributed by atoms with van der Waals surface area (Å²) in [6, 6.07) is 3.37. The molecule has 1 aromatic carbocycles. The average molecular weight is 170 g/mol. The molecule has 0 atom stereocenters. The molecule has 1 aromatic rings. The second kappa shape index (κ2) is 5.47. The Kier molecular flexibility index (Phi) is 4.93. The van der Waals surface area contributed by atoms with E-state index in [1.54, 1.807) is 0 Å². The van der Waals surface area contributed by atoms with Crippen molar-refractivity contribution >= 4 is 6.08 Å². The van der Waals surface area contributed by atoms with Crippen LogP contribution in [0.1, 0.15) is 19.4 Å². The summed E-state index contributed by atoms with van der Waals surface area (Å²) in [5.41, 5.74) is 0.321. The molecule has 0 N–H and O–H groups in total. The van der Waals surface area contributed by atoms with Crippen molar-refractivity contribution in [2.45, 2.75) is 13.8 Å². The highest BCUT2D eigenvalue weighted by Crippen LogP contribution is 2.09. The second-order valence-electron chi connectivity index (χ2n) is 1.87. The predicted octanol–water partition coefficient (Wildman–Crippen LogP) is 3.63. The quantitative estimate of drug-likeness (QED) is 0.603. The lowest BCUT2D eigenvalue weighted by atomic mass is 10.2. The Balaban J connectivity index is 0.000000561. The molecule has 0 aliphatic carbocycles. The Hall–Kier alpha value is -1.18. The molecule has 0 amide bonds. The van der Waals surface area contributed by atoms with Gasteiger partial charge in [-0.05, 0) is 12.1 Å². The molecule has 2 heteroatoms. The summed E-state index contributed by atoms with van der Waals surface area (Å²) in [6.45, 7) is 7.36. The average Bonchev–Trinajstić information content (AvgIpc) is 2.08. The van der Waals surface area contributed by atoms with Gasteiger partial charge in [-0.2, -0.15) is 0 Å². The zero-order chi connectivity index (χ0) is 9.56. The Morgan fingerprint density at radius 1 is 1.25 bits per heavy atom. The number of rotatable bonds is 1. The maximum absolute atomic E-state index is 12.5. The molecular formula is C10H12F2. The molecule has 0 heterocycles. The third-order valence-corrected chi connectivity index (χ3v) is 1.18. The van der Waals surface area contributed by atoms with E-state index >= 15 is 0 Å². The van der Waals surface area contributed by atoms with Crippen molar-refractivity contribution in [3.05, 3.63) is 42.0 Å². The van der Waals surface area contributed by atoms with Crippen molar-refractivity contribution in [1.82, 2.24) is 0 Å². The summed E-state index contributed by atoms with van der Waals surface area (Å²) in [6.07, 6.45) is 1.34. The van der Waals surface area contributed by atoms with Gasteiger partial charge in [0.05, 0.1) is 0 Å². The lowest BCUT2D eigenvalue weighted by molar-refractivity contribution is 0.581. The molecule has 0 unspecified atom stereocenters. The van der Waals surface area contributed by atoms with Crippen molar-refractivity contribution in [3.63, 3.8) is 0 Å². The summed E-state index contributed by atoms with van der Waals surface area (Å²) in [5.74, 6) is -1.14. The van der Waals surface area contributed by atoms with E-state index in [0.717, 1.165) is 6.07 Å². The summed E-state index contributed by atoms with van der Waals surface area (Å²) >= 11 is 0. The molecule has 0 saturated carbocycles. The van der Waals surface area contributed by atoms with E-state index in [2.05, 4.69) is 6.58 Å². The van der Waals surface area contributed by atoms with Crippen molar-refractivity contribution in [2.75, 3.05) is 0 Å². The maximum atomic E-state index is 12.5. The van der Waals surface area contributed by atoms with Crippen molar-refractivity contribution < 1.29 is 8.78 Å². The van der Waals surface area contributed by atoms with Crippen LogP contribution in [0.3, 0.4) is 0 Å². The monoisotopic (exact) mass is 170 g/mol. The topological polar surface area (TPSA) is 0 Å². The molecular weight excluding hydrogens is 158 g/mol. The van der Waals surface area contributed by atoms with Crippen LogP contribution in [0.15, 0.2) is 24.8 Å².